The van der Waals surface area contributed by atoms with Crippen LogP contribution < -0.4 is 14.4 Å². The highest BCUT2D eigenvalue weighted by molar-refractivity contribution is 7.92. The van der Waals surface area contributed by atoms with Crippen LogP contribution >= 0.6 is 11.6 Å². The Hall–Kier alpha value is -2.78. The van der Waals surface area contributed by atoms with Gasteiger partial charge in [-0.3, -0.25) is 9.10 Å². The summed E-state index contributed by atoms with van der Waals surface area (Å²) < 4.78 is 36.0. The smallest absolute Gasteiger partial charge is 0.339 e. The van der Waals surface area contributed by atoms with Gasteiger partial charge in [-0.1, -0.05) is 23.7 Å². The second kappa shape index (κ2) is 8.30. The number of anilines is 2. The average molecular weight is 439 g/mol. The van der Waals surface area contributed by atoms with Gasteiger partial charge < -0.3 is 14.8 Å². The van der Waals surface area contributed by atoms with E-state index in [1.807, 2.05) is 0 Å². The molecule has 2 aromatic carbocycles. The molecule has 0 aromatic heterocycles. The first-order chi connectivity index (χ1) is 13.7. The molecule has 1 heterocycles. The number of hydrogen-bond acceptors (Lipinski definition) is 6. The Balaban J connectivity index is 1.79. The summed E-state index contributed by atoms with van der Waals surface area (Å²) in [7, 11) is -3.61. The first kappa shape index (κ1) is 20.9. The van der Waals surface area contributed by atoms with Crippen LogP contribution in [0.1, 0.15) is 17.3 Å². The number of benzene rings is 2. The molecule has 0 saturated carbocycles. The van der Waals surface area contributed by atoms with E-state index >= 15 is 0 Å². The monoisotopic (exact) mass is 438 g/mol. The lowest BCUT2D eigenvalue weighted by Crippen LogP contribution is -2.48. The molecule has 1 atom stereocenters. The maximum Gasteiger partial charge on any atom is 0.339 e. The van der Waals surface area contributed by atoms with Crippen molar-refractivity contribution in [3.05, 3.63) is 53.1 Å². The van der Waals surface area contributed by atoms with E-state index < -0.39 is 28.0 Å². The predicted molar refractivity (Wildman–Crippen MR) is 109 cm³/mol. The van der Waals surface area contributed by atoms with Crippen molar-refractivity contribution in [1.82, 2.24) is 0 Å². The minimum atomic E-state index is -3.61. The fraction of sp³-hybridized carbons (Fsp3) is 0.263. The van der Waals surface area contributed by atoms with Gasteiger partial charge in [0.1, 0.15) is 5.75 Å². The van der Waals surface area contributed by atoms with Crippen molar-refractivity contribution in [3.63, 3.8) is 0 Å². The van der Waals surface area contributed by atoms with Crippen LogP contribution in [0.15, 0.2) is 42.5 Å². The van der Waals surface area contributed by atoms with Crippen LogP contribution in [0, 0.1) is 0 Å². The van der Waals surface area contributed by atoms with Gasteiger partial charge in [0.15, 0.2) is 6.10 Å². The zero-order chi connectivity index (χ0) is 21.2. The van der Waals surface area contributed by atoms with Gasteiger partial charge in [0.2, 0.25) is 10.0 Å². The van der Waals surface area contributed by atoms with Crippen LogP contribution in [-0.2, 0) is 19.6 Å². The summed E-state index contributed by atoms with van der Waals surface area (Å²) in [6.45, 7) is 1.73. The summed E-state index contributed by atoms with van der Waals surface area (Å²) >= 11 is 6.11. The van der Waals surface area contributed by atoms with Gasteiger partial charge in [-0.05, 0) is 37.3 Å². The molecule has 1 N–H and O–H groups in total. The van der Waals surface area contributed by atoms with Crippen molar-refractivity contribution in [2.75, 3.05) is 29.0 Å². The predicted octanol–water partition coefficient (Wildman–Crippen LogP) is 2.68. The molecule has 154 valence electrons. The highest BCUT2D eigenvalue weighted by Gasteiger charge is 2.35. The number of ether oxygens (including phenoxy) is 2. The Morgan fingerprint density at radius 2 is 2.00 bits per heavy atom. The number of hydrogen-bond donors (Lipinski definition) is 1. The van der Waals surface area contributed by atoms with Gasteiger partial charge in [-0.2, -0.15) is 0 Å². The number of carbonyl (C=O) groups is 2. The summed E-state index contributed by atoms with van der Waals surface area (Å²) in [5, 5.41) is 2.75. The molecule has 3 rings (SSSR count). The third-order valence-electron chi connectivity index (χ3n) is 4.16. The van der Waals surface area contributed by atoms with Crippen molar-refractivity contribution in [2.24, 2.45) is 0 Å². The molecule has 1 unspecified atom stereocenters. The third-order valence-corrected chi connectivity index (χ3v) is 5.62. The van der Waals surface area contributed by atoms with E-state index in [0.29, 0.717) is 17.1 Å². The molecule has 0 radical (unpaired) electrons. The Morgan fingerprint density at radius 1 is 1.28 bits per heavy atom. The zero-order valence-electron chi connectivity index (χ0n) is 15.7. The fourth-order valence-corrected chi connectivity index (χ4v) is 4.01. The standard InChI is InChI=1S/C19H19ClN2O6S/c1-3-27-19(24)13-9-8-12(10-14(13)20)21-18(23)17-11-22(29(2,25)26)15-6-4-5-7-16(15)28-17/h4-10,17H,3,11H2,1-2H3,(H,21,23). The van der Waals surface area contributed by atoms with Gasteiger partial charge >= 0.3 is 5.97 Å². The molecule has 0 spiro atoms. The zero-order valence-corrected chi connectivity index (χ0v) is 17.3. The lowest BCUT2D eigenvalue weighted by Gasteiger charge is -2.33. The molecule has 0 bridgehead atoms. The molecule has 8 nitrogen and oxygen atoms in total. The second-order valence-corrected chi connectivity index (χ2v) is 8.59. The minimum Gasteiger partial charge on any atom is -0.476 e. The van der Waals surface area contributed by atoms with Crippen LogP contribution in [0.5, 0.6) is 5.75 Å². The summed E-state index contributed by atoms with van der Waals surface area (Å²) in [6, 6.07) is 10.9. The van der Waals surface area contributed by atoms with E-state index in [2.05, 4.69) is 5.32 Å². The number of fused-ring (bicyclic) bond motifs is 1. The van der Waals surface area contributed by atoms with Crippen LogP contribution in [0.25, 0.3) is 0 Å². The summed E-state index contributed by atoms with van der Waals surface area (Å²) in [4.78, 5) is 24.5. The molecular formula is C19H19ClN2O6S. The number of sulfonamides is 1. The van der Waals surface area contributed by atoms with E-state index in [9.17, 15) is 18.0 Å². The topological polar surface area (TPSA) is 102 Å². The highest BCUT2D eigenvalue weighted by Crippen LogP contribution is 2.35. The van der Waals surface area contributed by atoms with Gasteiger partial charge in [0.25, 0.3) is 5.91 Å². The van der Waals surface area contributed by atoms with Crippen molar-refractivity contribution in [1.29, 1.82) is 0 Å². The summed E-state index contributed by atoms with van der Waals surface area (Å²) in [5.41, 5.74) is 0.889. The molecule has 0 aliphatic carbocycles. The molecule has 1 aliphatic rings. The van der Waals surface area contributed by atoms with Crippen molar-refractivity contribution < 1.29 is 27.5 Å². The van der Waals surface area contributed by atoms with Crippen molar-refractivity contribution in [3.8, 4) is 5.75 Å². The van der Waals surface area contributed by atoms with Crippen LogP contribution in [-0.4, -0.2) is 45.8 Å². The molecule has 0 saturated heterocycles. The molecule has 10 heteroatoms. The van der Waals surface area contributed by atoms with Crippen LogP contribution in [0.2, 0.25) is 5.02 Å². The molecule has 1 amide bonds. The Morgan fingerprint density at radius 3 is 2.66 bits per heavy atom. The lowest BCUT2D eigenvalue weighted by molar-refractivity contribution is -0.122. The number of halogens is 1. The van der Waals surface area contributed by atoms with Crippen LogP contribution in [0.3, 0.4) is 0 Å². The van der Waals surface area contributed by atoms with E-state index in [1.54, 1.807) is 31.2 Å². The fourth-order valence-electron chi connectivity index (χ4n) is 2.84. The first-order valence-electron chi connectivity index (χ1n) is 8.71. The molecule has 29 heavy (non-hydrogen) atoms. The van der Waals surface area contributed by atoms with E-state index in [1.165, 1.54) is 18.2 Å². The largest absolute Gasteiger partial charge is 0.476 e. The van der Waals surface area contributed by atoms with Gasteiger partial charge in [0.05, 0.1) is 35.7 Å². The van der Waals surface area contributed by atoms with E-state index in [0.717, 1.165) is 10.6 Å². The highest BCUT2D eigenvalue weighted by atomic mass is 35.5. The number of esters is 1. The summed E-state index contributed by atoms with van der Waals surface area (Å²) in [6.07, 6.45) is 0.000864. The first-order valence-corrected chi connectivity index (χ1v) is 10.9. The quantitative estimate of drug-likeness (QED) is 0.720. The number of para-hydroxylation sites is 2. The Kier molecular flexibility index (Phi) is 5.99. The van der Waals surface area contributed by atoms with Crippen molar-refractivity contribution in [2.45, 2.75) is 13.0 Å². The number of rotatable bonds is 5. The molecule has 2 aromatic rings. The van der Waals surface area contributed by atoms with Crippen LogP contribution in [0.4, 0.5) is 11.4 Å². The average Bonchev–Trinajstić information content (AvgIpc) is 2.66. The van der Waals surface area contributed by atoms with Gasteiger partial charge in [-0.15, -0.1) is 0 Å². The third kappa shape index (κ3) is 4.63. The lowest BCUT2D eigenvalue weighted by atomic mass is 10.2. The normalized spacial score (nSPS) is 15.8. The van der Waals surface area contributed by atoms with Gasteiger partial charge in [0, 0.05) is 5.69 Å². The summed E-state index contributed by atoms with van der Waals surface area (Å²) in [5.74, 6) is -0.820. The molecular weight excluding hydrogens is 420 g/mol. The number of nitrogens with zero attached hydrogens (tertiary/aromatic N) is 1. The van der Waals surface area contributed by atoms with E-state index in [-0.39, 0.29) is 23.7 Å². The molecule has 1 aliphatic heterocycles. The SMILES string of the molecule is CCOC(=O)c1ccc(NC(=O)C2CN(S(C)(=O)=O)c3ccccc3O2)cc1Cl. The van der Waals surface area contributed by atoms with Gasteiger partial charge in [-0.25, -0.2) is 13.2 Å². The number of amides is 1. The number of carbonyl (C=O) groups excluding carboxylic acids is 2. The molecule has 0 fully saturated rings. The van der Waals surface area contributed by atoms with E-state index in [4.69, 9.17) is 21.1 Å². The minimum absolute atomic E-state index is 0.119. The maximum atomic E-state index is 12.7. The maximum absolute atomic E-state index is 12.7. The Bertz CT molecular complexity index is 1060. The van der Waals surface area contributed by atoms with Crippen molar-refractivity contribution >= 4 is 44.9 Å². The Labute approximate surface area is 173 Å². The second-order valence-electron chi connectivity index (χ2n) is 6.27. The number of nitrogens with one attached hydrogen (secondary N) is 1.